The van der Waals surface area contributed by atoms with Gasteiger partial charge in [0.2, 0.25) is 11.8 Å². The van der Waals surface area contributed by atoms with Gasteiger partial charge in [-0.15, -0.1) is 11.3 Å². The summed E-state index contributed by atoms with van der Waals surface area (Å²) in [4.78, 5) is 30.7. The molecule has 1 aliphatic heterocycles. The molecule has 3 aromatic rings. The number of hydrogen-bond acceptors (Lipinski definition) is 4. The number of furan rings is 1. The van der Waals surface area contributed by atoms with Crippen LogP contribution in [0.2, 0.25) is 0 Å². The molecule has 0 bridgehead atoms. The van der Waals surface area contributed by atoms with Gasteiger partial charge in [-0.3, -0.25) is 9.59 Å². The lowest BCUT2D eigenvalue weighted by atomic mass is 9.97. The fraction of sp³-hybridized carbons (Fsp3) is 0.273. The van der Waals surface area contributed by atoms with E-state index in [0.29, 0.717) is 6.54 Å². The Labute approximate surface area is 168 Å². The highest BCUT2D eigenvalue weighted by Crippen LogP contribution is 2.43. The number of hydrogen-bond donors (Lipinski definition) is 0. The van der Waals surface area contributed by atoms with E-state index in [9.17, 15) is 9.59 Å². The van der Waals surface area contributed by atoms with Crippen LogP contribution in [0.1, 0.15) is 28.7 Å². The molecule has 0 aliphatic carbocycles. The van der Waals surface area contributed by atoms with Crippen molar-refractivity contribution in [1.82, 2.24) is 4.90 Å². The van der Waals surface area contributed by atoms with E-state index >= 15 is 0 Å². The van der Waals surface area contributed by atoms with Crippen LogP contribution in [0.15, 0.2) is 64.6 Å². The molecular formula is C22H22N2O3S. The number of benzene rings is 1. The van der Waals surface area contributed by atoms with Crippen molar-refractivity contribution in [3.8, 4) is 0 Å². The fourth-order valence-electron chi connectivity index (χ4n) is 3.75. The van der Waals surface area contributed by atoms with Crippen LogP contribution < -0.4 is 4.90 Å². The molecule has 3 heterocycles. The van der Waals surface area contributed by atoms with Crippen molar-refractivity contribution in [3.05, 3.63) is 76.4 Å². The van der Waals surface area contributed by atoms with E-state index < -0.39 is 5.92 Å². The Morgan fingerprint density at radius 3 is 2.64 bits per heavy atom. The molecular weight excluding hydrogens is 372 g/mol. The van der Waals surface area contributed by atoms with Gasteiger partial charge in [0, 0.05) is 24.0 Å². The fourth-order valence-corrected chi connectivity index (χ4v) is 4.63. The van der Waals surface area contributed by atoms with Crippen molar-refractivity contribution >= 4 is 28.8 Å². The van der Waals surface area contributed by atoms with Gasteiger partial charge in [0.25, 0.3) is 0 Å². The van der Waals surface area contributed by atoms with E-state index in [1.807, 2.05) is 54.8 Å². The van der Waals surface area contributed by atoms with E-state index in [1.165, 1.54) is 0 Å². The quantitative estimate of drug-likeness (QED) is 0.644. The first-order valence-corrected chi connectivity index (χ1v) is 10.1. The van der Waals surface area contributed by atoms with Crippen molar-refractivity contribution in [3.63, 3.8) is 0 Å². The largest absolute Gasteiger partial charge is 0.467 e. The molecule has 2 amide bonds. The zero-order valence-corrected chi connectivity index (χ0v) is 16.7. The summed E-state index contributed by atoms with van der Waals surface area (Å²) >= 11 is 1.58. The second-order valence-electron chi connectivity index (χ2n) is 7.14. The molecule has 28 heavy (non-hydrogen) atoms. The maximum absolute atomic E-state index is 13.3. The Hall–Kier alpha value is -2.86. The lowest BCUT2D eigenvalue weighted by molar-refractivity contribution is -0.136. The summed E-state index contributed by atoms with van der Waals surface area (Å²) in [6.45, 7) is 2.40. The van der Waals surface area contributed by atoms with Crippen LogP contribution in [-0.4, -0.2) is 23.8 Å². The summed E-state index contributed by atoms with van der Waals surface area (Å²) in [6, 6.07) is 15.2. The number of aryl methyl sites for hydroxylation is 1. The van der Waals surface area contributed by atoms with Gasteiger partial charge in [0.15, 0.2) is 0 Å². The standard InChI is InChI=1S/C22H22N2O3S/c1-15-7-9-16(10-8-15)24-20(25)13-18(21(24)19-6-4-12-28-19)22(26)23(2)14-17-5-3-11-27-17/h3-12,18,21H,13-14H2,1-2H3/t18-,21+/m0/s1. The third-order valence-electron chi connectivity index (χ3n) is 5.14. The van der Waals surface area contributed by atoms with Gasteiger partial charge in [0.1, 0.15) is 5.76 Å². The normalized spacial score (nSPS) is 19.2. The highest BCUT2D eigenvalue weighted by Gasteiger charge is 2.46. The molecule has 0 N–H and O–H groups in total. The number of amides is 2. The van der Waals surface area contributed by atoms with Gasteiger partial charge in [-0.1, -0.05) is 23.8 Å². The summed E-state index contributed by atoms with van der Waals surface area (Å²) in [5.74, 6) is 0.236. The maximum atomic E-state index is 13.3. The summed E-state index contributed by atoms with van der Waals surface area (Å²) in [5.41, 5.74) is 1.96. The average Bonchev–Trinajstić information content (AvgIpc) is 3.42. The zero-order valence-electron chi connectivity index (χ0n) is 15.9. The first kappa shape index (κ1) is 18.5. The molecule has 4 rings (SSSR count). The van der Waals surface area contributed by atoms with Crippen LogP contribution in [-0.2, 0) is 16.1 Å². The molecule has 0 unspecified atom stereocenters. The zero-order chi connectivity index (χ0) is 19.7. The second-order valence-corrected chi connectivity index (χ2v) is 8.12. The third-order valence-corrected chi connectivity index (χ3v) is 6.08. The van der Waals surface area contributed by atoms with E-state index in [0.717, 1.165) is 21.9 Å². The SMILES string of the molecule is Cc1ccc(N2C(=O)C[C@H](C(=O)N(C)Cc3ccco3)[C@@H]2c2cccs2)cc1. The monoisotopic (exact) mass is 394 g/mol. The van der Waals surface area contributed by atoms with Crippen LogP contribution >= 0.6 is 11.3 Å². The van der Waals surface area contributed by atoms with Crippen molar-refractivity contribution in [1.29, 1.82) is 0 Å². The predicted octanol–water partition coefficient (Wildman–Crippen LogP) is 4.40. The number of carbonyl (C=O) groups excluding carboxylic acids is 2. The van der Waals surface area contributed by atoms with Crippen LogP contribution in [0.25, 0.3) is 0 Å². The summed E-state index contributed by atoms with van der Waals surface area (Å²) in [5, 5.41) is 1.99. The van der Waals surface area contributed by atoms with Crippen LogP contribution in [0.4, 0.5) is 5.69 Å². The van der Waals surface area contributed by atoms with Gasteiger partial charge in [-0.25, -0.2) is 0 Å². The first-order valence-electron chi connectivity index (χ1n) is 9.24. The first-order chi connectivity index (χ1) is 13.5. The van der Waals surface area contributed by atoms with Gasteiger partial charge in [0.05, 0.1) is 24.8 Å². The minimum absolute atomic E-state index is 0.0213. The van der Waals surface area contributed by atoms with Gasteiger partial charge in [-0.05, 0) is 42.6 Å². The minimum atomic E-state index is -0.424. The van der Waals surface area contributed by atoms with Crippen molar-refractivity contribution < 1.29 is 14.0 Å². The van der Waals surface area contributed by atoms with E-state index in [1.54, 1.807) is 40.5 Å². The highest BCUT2D eigenvalue weighted by atomic mass is 32.1. The number of nitrogens with zero attached hydrogens (tertiary/aromatic N) is 2. The molecule has 0 spiro atoms. The maximum Gasteiger partial charge on any atom is 0.228 e. The van der Waals surface area contributed by atoms with Crippen LogP contribution in [0.5, 0.6) is 0 Å². The van der Waals surface area contributed by atoms with Crippen LogP contribution in [0, 0.1) is 12.8 Å². The summed E-state index contributed by atoms with van der Waals surface area (Å²) < 4.78 is 5.37. The molecule has 0 radical (unpaired) electrons. The molecule has 1 aliphatic rings. The molecule has 2 aromatic heterocycles. The van der Waals surface area contributed by atoms with E-state index in [-0.39, 0.29) is 24.3 Å². The molecule has 2 atom stereocenters. The van der Waals surface area contributed by atoms with Gasteiger partial charge < -0.3 is 14.2 Å². The molecule has 1 aromatic carbocycles. The second kappa shape index (κ2) is 7.64. The van der Waals surface area contributed by atoms with E-state index in [4.69, 9.17) is 4.42 Å². The lowest BCUT2D eigenvalue weighted by Crippen LogP contribution is -2.36. The predicted molar refractivity (Wildman–Crippen MR) is 109 cm³/mol. The minimum Gasteiger partial charge on any atom is -0.467 e. The molecule has 0 saturated carbocycles. The Bertz CT molecular complexity index is 948. The Balaban J connectivity index is 1.65. The molecule has 6 heteroatoms. The van der Waals surface area contributed by atoms with Gasteiger partial charge in [-0.2, -0.15) is 0 Å². The number of thiophene rings is 1. The smallest absolute Gasteiger partial charge is 0.228 e. The van der Waals surface area contributed by atoms with Crippen molar-refractivity contribution in [2.24, 2.45) is 5.92 Å². The van der Waals surface area contributed by atoms with Crippen molar-refractivity contribution in [2.45, 2.75) is 25.9 Å². The lowest BCUT2D eigenvalue weighted by Gasteiger charge is -2.29. The summed E-state index contributed by atoms with van der Waals surface area (Å²) in [7, 11) is 1.76. The Morgan fingerprint density at radius 2 is 2.00 bits per heavy atom. The molecule has 1 saturated heterocycles. The molecule has 144 valence electrons. The number of carbonyl (C=O) groups is 2. The molecule has 1 fully saturated rings. The average molecular weight is 394 g/mol. The Morgan fingerprint density at radius 1 is 1.21 bits per heavy atom. The van der Waals surface area contributed by atoms with Crippen LogP contribution in [0.3, 0.4) is 0 Å². The topological polar surface area (TPSA) is 53.8 Å². The van der Waals surface area contributed by atoms with Gasteiger partial charge >= 0.3 is 0 Å². The van der Waals surface area contributed by atoms with Crippen molar-refractivity contribution in [2.75, 3.05) is 11.9 Å². The molecule has 5 nitrogen and oxygen atoms in total. The number of anilines is 1. The highest BCUT2D eigenvalue weighted by molar-refractivity contribution is 7.10. The Kier molecular flexibility index (Phi) is 5.05. The summed E-state index contributed by atoms with van der Waals surface area (Å²) in [6.07, 6.45) is 1.80. The van der Waals surface area contributed by atoms with E-state index in [2.05, 4.69) is 0 Å². The third kappa shape index (κ3) is 3.47. The number of rotatable bonds is 5.